The van der Waals surface area contributed by atoms with Crippen LogP contribution in [0.15, 0.2) is 18.2 Å². The third-order valence-corrected chi connectivity index (χ3v) is 4.36. The molecule has 1 fully saturated rings. The van der Waals surface area contributed by atoms with Crippen molar-refractivity contribution < 1.29 is 4.74 Å². The van der Waals surface area contributed by atoms with E-state index in [1.807, 2.05) is 6.07 Å². The first-order valence-corrected chi connectivity index (χ1v) is 7.61. The Morgan fingerprint density at radius 2 is 2.20 bits per heavy atom. The van der Waals surface area contributed by atoms with E-state index in [-0.39, 0.29) is 0 Å². The fourth-order valence-electron chi connectivity index (χ4n) is 2.69. The lowest BCUT2D eigenvalue weighted by molar-refractivity contribution is 0.202. The van der Waals surface area contributed by atoms with Crippen molar-refractivity contribution in [1.82, 2.24) is 0 Å². The van der Waals surface area contributed by atoms with Gasteiger partial charge in [-0.3, -0.25) is 0 Å². The Morgan fingerprint density at radius 3 is 2.70 bits per heavy atom. The maximum absolute atomic E-state index is 5.74. The molecule has 0 bridgehead atoms. The average molecular weight is 292 g/mol. The van der Waals surface area contributed by atoms with Crippen molar-refractivity contribution in [2.45, 2.75) is 32.7 Å². The molecule has 1 aliphatic carbocycles. The van der Waals surface area contributed by atoms with Gasteiger partial charge in [-0.15, -0.1) is 0 Å². The minimum absolute atomic E-state index is 0.465. The van der Waals surface area contributed by atoms with Gasteiger partial charge in [0.05, 0.1) is 6.61 Å². The van der Waals surface area contributed by atoms with Gasteiger partial charge in [0, 0.05) is 30.9 Å². The molecule has 4 heteroatoms. The molecule has 0 amide bonds. The smallest absolute Gasteiger partial charge is 0.104 e. The average Bonchev–Trinajstić information content (AvgIpc) is 3.22. The second-order valence-corrected chi connectivity index (χ2v) is 6.07. The molecule has 20 heavy (non-hydrogen) atoms. The van der Waals surface area contributed by atoms with Crippen molar-refractivity contribution in [3.63, 3.8) is 0 Å². The molecule has 0 aromatic heterocycles. The van der Waals surface area contributed by atoms with Crippen LogP contribution in [0.3, 0.4) is 0 Å². The lowest BCUT2D eigenvalue weighted by Crippen LogP contribution is -2.37. The van der Waals surface area contributed by atoms with E-state index >= 15 is 0 Å². The van der Waals surface area contributed by atoms with Crippen molar-refractivity contribution in [3.05, 3.63) is 29.3 Å². The van der Waals surface area contributed by atoms with Gasteiger partial charge in [-0.05, 0) is 56.4 Å². The van der Waals surface area contributed by atoms with Gasteiger partial charge in [-0.2, -0.15) is 0 Å². The number of ether oxygens (including phenoxy) is 1. The molecule has 3 nitrogen and oxygen atoms in total. The Balaban J connectivity index is 2.23. The lowest BCUT2D eigenvalue weighted by atomic mass is 10.1. The second-order valence-electron chi connectivity index (χ2n) is 5.63. The zero-order valence-electron chi connectivity index (χ0n) is 12.6. The van der Waals surface area contributed by atoms with Crippen LogP contribution in [0.25, 0.3) is 0 Å². The van der Waals surface area contributed by atoms with Crippen molar-refractivity contribution in [3.8, 4) is 0 Å². The van der Waals surface area contributed by atoms with E-state index < -0.39 is 0 Å². The van der Waals surface area contributed by atoms with Gasteiger partial charge in [-0.1, -0.05) is 12.2 Å². The molecule has 0 aliphatic heterocycles. The molecular weight excluding hydrogens is 268 g/mol. The van der Waals surface area contributed by atoms with Gasteiger partial charge >= 0.3 is 0 Å². The third kappa shape index (κ3) is 3.49. The minimum atomic E-state index is 0.465. The zero-order chi connectivity index (χ0) is 14.7. The summed E-state index contributed by atoms with van der Waals surface area (Å²) in [5.74, 6) is 0.822. The first-order chi connectivity index (χ1) is 9.54. The monoisotopic (exact) mass is 292 g/mol. The number of hydrogen-bond donors (Lipinski definition) is 1. The highest BCUT2D eigenvalue weighted by molar-refractivity contribution is 7.80. The summed E-state index contributed by atoms with van der Waals surface area (Å²) in [6.45, 7) is 6.03. The van der Waals surface area contributed by atoms with Crippen LogP contribution in [0.5, 0.6) is 0 Å². The Bertz CT molecular complexity index is 485. The standard InChI is InChI=1S/C16H24N2OS/c1-11-10-14(6-7-15(11)16(17)20)18(8-9-19-3)12(2)13-4-5-13/h6-7,10,12-13H,4-5,8-9H2,1-3H3,(H2,17,20). The Morgan fingerprint density at radius 1 is 1.50 bits per heavy atom. The number of anilines is 1. The summed E-state index contributed by atoms with van der Waals surface area (Å²) in [6.07, 6.45) is 2.68. The Kier molecular flexibility index (Phi) is 5.00. The zero-order valence-corrected chi connectivity index (χ0v) is 13.4. The van der Waals surface area contributed by atoms with Crippen LogP contribution in [0.2, 0.25) is 0 Å². The molecule has 2 N–H and O–H groups in total. The van der Waals surface area contributed by atoms with Crippen molar-refractivity contribution in [2.24, 2.45) is 11.7 Å². The summed E-state index contributed by atoms with van der Waals surface area (Å²) in [4.78, 5) is 2.91. The lowest BCUT2D eigenvalue weighted by Gasteiger charge is -2.32. The predicted molar refractivity (Wildman–Crippen MR) is 88.5 cm³/mol. The van der Waals surface area contributed by atoms with Gasteiger partial charge in [0.15, 0.2) is 0 Å². The number of benzene rings is 1. The van der Waals surface area contributed by atoms with Gasteiger partial charge in [0.25, 0.3) is 0 Å². The molecule has 1 atom stereocenters. The van der Waals surface area contributed by atoms with Crippen molar-refractivity contribution in [1.29, 1.82) is 0 Å². The predicted octanol–water partition coefficient (Wildman–Crippen LogP) is 2.88. The van der Waals surface area contributed by atoms with Crippen molar-refractivity contribution >= 4 is 22.9 Å². The van der Waals surface area contributed by atoms with Crippen LogP contribution in [0.1, 0.15) is 30.9 Å². The maximum Gasteiger partial charge on any atom is 0.104 e. The fraction of sp³-hybridized carbons (Fsp3) is 0.562. The van der Waals surface area contributed by atoms with Crippen LogP contribution in [0, 0.1) is 12.8 Å². The topological polar surface area (TPSA) is 38.5 Å². The molecule has 1 aromatic carbocycles. The summed E-state index contributed by atoms with van der Waals surface area (Å²) in [5, 5.41) is 0. The molecule has 0 radical (unpaired) electrons. The number of hydrogen-bond acceptors (Lipinski definition) is 3. The molecule has 0 saturated heterocycles. The number of thiocarbonyl (C=S) groups is 1. The summed E-state index contributed by atoms with van der Waals surface area (Å²) in [6, 6.07) is 6.89. The molecule has 110 valence electrons. The Hall–Kier alpha value is -1.13. The van der Waals surface area contributed by atoms with E-state index in [9.17, 15) is 0 Å². The number of nitrogens with zero attached hydrogens (tertiary/aromatic N) is 1. The van der Waals surface area contributed by atoms with Gasteiger partial charge in [-0.25, -0.2) is 0 Å². The van der Waals surface area contributed by atoms with Crippen molar-refractivity contribution in [2.75, 3.05) is 25.2 Å². The fourth-order valence-corrected chi connectivity index (χ4v) is 2.92. The third-order valence-electron chi connectivity index (χ3n) is 4.14. The van der Waals surface area contributed by atoms with Gasteiger partial charge in [0.2, 0.25) is 0 Å². The van der Waals surface area contributed by atoms with Crippen LogP contribution in [-0.4, -0.2) is 31.3 Å². The molecule has 2 rings (SSSR count). The first kappa shape index (κ1) is 15.3. The van der Waals surface area contributed by atoms with E-state index in [1.165, 1.54) is 18.5 Å². The molecule has 1 unspecified atom stereocenters. The van der Waals surface area contributed by atoms with E-state index in [4.69, 9.17) is 22.7 Å². The summed E-state index contributed by atoms with van der Waals surface area (Å²) in [7, 11) is 1.75. The minimum Gasteiger partial charge on any atom is -0.389 e. The summed E-state index contributed by atoms with van der Waals surface area (Å²) in [5.41, 5.74) is 9.08. The van der Waals surface area contributed by atoms with E-state index in [2.05, 4.69) is 30.9 Å². The highest BCUT2D eigenvalue weighted by Gasteiger charge is 2.32. The summed E-state index contributed by atoms with van der Waals surface area (Å²) >= 11 is 5.08. The highest BCUT2D eigenvalue weighted by Crippen LogP contribution is 2.37. The van der Waals surface area contributed by atoms with Gasteiger partial charge in [0.1, 0.15) is 4.99 Å². The molecule has 1 saturated carbocycles. The number of methoxy groups -OCH3 is 1. The van der Waals surface area contributed by atoms with Crippen LogP contribution < -0.4 is 10.6 Å². The van der Waals surface area contributed by atoms with Crippen LogP contribution in [0.4, 0.5) is 5.69 Å². The molecular formula is C16H24N2OS. The van der Waals surface area contributed by atoms with E-state index in [1.54, 1.807) is 7.11 Å². The maximum atomic E-state index is 5.74. The molecule has 0 heterocycles. The van der Waals surface area contributed by atoms with E-state index in [0.29, 0.717) is 11.0 Å². The number of nitrogens with two attached hydrogens (primary N) is 1. The molecule has 1 aliphatic rings. The first-order valence-electron chi connectivity index (χ1n) is 7.20. The van der Waals surface area contributed by atoms with Crippen LogP contribution in [-0.2, 0) is 4.74 Å². The SMILES string of the molecule is COCCN(c1ccc(C(N)=S)c(C)c1)C(C)C1CC1. The quantitative estimate of drug-likeness (QED) is 0.784. The number of rotatable bonds is 7. The second kappa shape index (κ2) is 6.55. The van der Waals surface area contributed by atoms with Crippen LogP contribution >= 0.6 is 12.2 Å². The van der Waals surface area contributed by atoms with Gasteiger partial charge < -0.3 is 15.4 Å². The normalized spacial score (nSPS) is 15.9. The largest absolute Gasteiger partial charge is 0.389 e. The molecule has 0 spiro atoms. The van der Waals surface area contributed by atoms with E-state index in [0.717, 1.165) is 30.2 Å². The highest BCUT2D eigenvalue weighted by atomic mass is 32.1. The molecule has 1 aromatic rings. The number of aryl methyl sites for hydroxylation is 1. The Labute approximate surface area is 127 Å². The summed E-state index contributed by atoms with van der Waals surface area (Å²) < 4.78 is 5.25.